The number of nitrogens with zero attached hydrogens (tertiary/aromatic N) is 2. The smallest absolute Gasteiger partial charge is 0.128 e. The number of hydrogen-bond donors (Lipinski definition) is 2. The van der Waals surface area contributed by atoms with Crippen LogP contribution in [0, 0.1) is 0 Å². The maximum atomic E-state index is 5.40. The van der Waals surface area contributed by atoms with Crippen LogP contribution in [0.25, 0.3) is 11.1 Å². The lowest BCUT2D eigenvalue weighted by molar-refractivity contribution is 0.413. The molecule has 0 radical (unpaired) electrons. The molecule has 0 fully saturated rings. The van der Waals surface area contributed by atoms with E-state index in [1.54, 1.807) is 13.3 Å². The van der Waals surface area contributed by atoms with Crippen LogP contribution in [0.2, 0.25) is 0 Å². The number of aliphatic imine (C=N–C) groups is 2. The molecule has 1 aliphatic rings. The third kappa shape index (κ3) is 5.23. The van der Waals surface area contributed by atoms with Crippen molar-refractivity contribution in [3.05, 3.63) is 90.4 Å². The summed E-state index contributed by atoms with van der Waals surface area (Å²) in [5.41, 5.74) is 4.90. The Morgan fingerprint density at radius 3 is 2.79 bits per heavy atom. The Morgan fingerprint density at radius 2 is 2.03 bits per heavy atom. The van der Waals surface area contributed by atoms with Crippen molar-refractivity contribution in [3.63, 3.8) is 0 Å². The van der Waals surface area contributed by atoms with Crippen molar-refractivity contribution in [1.82, 2.24) is 10.6 Å². The highest BCUT2D eigenvalue weighted by Gasteiger charge is 2.08. The Balaban J connectivity index is 1.63. The molecular weight excluding hydrogens is 360 g/mol. The summed E-state index contributed by atoms with van der Waals surface area (Å²) in [6.07, 6.45) is 3.58. The van der Waals surface area contributed by atoms with Gasteiger partial charge < -0.3 is 15.4 Å². The zero-order valence-electron chi connectivity index (χ0n) is 16.9. The van der Waals surface area contributed by atoms with Gasteiger partial charge in [-0.1, -0.05) is 49.6 Å². The van der Waals surface area contributed by atoms with Gasteiger partial charge in [0.1, 0.15) is 17.4 Å². The first-order chi connectivity index (χ1) is 14.1. The lowest BCUT2D eigenvalue weighted by atomic mass is 10.0. The summed E-state index contributed by atoms with van der Waals surface area (Å²) in [6, 6.07) is 16.0. The molecule has 0 atom stereocenters. The fraction of sp³-hybridized carbons (Fsp3) is 0.167. The number of rotatable bonds is 8. The maximum absolute atomic E-state index is 5.40. The van der Waals surface area contributed by atoms with Gasteiger partial charge in [-0.25, -0.2) is 4.99 Å². The molecule has 29 heavy (non-hydrogen) atoms. The molecule has 0 saturated heterocycles. The van der Waals surface area contributed by atoms with Gasteiger partial charge in [0.25, 0.3) is 0 Å². The fourth-order valence-electron chi connectivity index (χ4n) is 2.96. The molecule has 2 aromatic rings. The van der Waals surface area contributed by atoms with Crippen LogP contribution in [-0.2, 0) is 0 Å². The molecule has 0 aliphatic carbocycles. The van der Waals surface area contributed by atoms with Crippen molar-refractivity contribution >= 4 is 23.2 Å². The molecule has 5 heteroatoms. The van der Waals surface area contributed by atoms with E-state index in [1.807, 2.05) is 55.6 Å². The highest BCUT2D eigenvalue weighted by atomic mass is 16.5. The third-order valence-electron chi connectivity index (χ3n) is 4.54. The lowest BCUT2D eigenvalue weighted by Crippen LogP contribution is -2.19. The van der Waals surface area contributed by atoms with Crippen LogP contribution in [0.15, 0.2) is 83.7 Å². The quantitative estimate of drug-likeness (QED) is 0.667. The second-order valence-electron chi connectivity index (χ2n) is 6.64. The van der Waals surface area contributed by atoms with Crippen molar-refractivity contribution in [2.75, 3.05) is 20.2 Å². The van der Waals surface area contributed by atoms with Gasteiger partial charge in [0, 0.05) is 30.1 Å². The first-order valence-electron chi connectivity index (χ1n) is 9.46. The molecule has 0 unspecified atom stereocenters. The Hall–Kier alpha value is -3.60. The van der Waals surface area contributed by atoms with Gasteiger partial charge >= 0.3 is 0 Å². The molecule has 2 N–H and O–H groups in total. The van der Waals surface area contributed by atoms with Crippen molar-refractivity contribution < 1.29 is 4.74 Å². The maximum Gasteiger partial charge on any atom is 0.128 e. The SMILES string of the molecule is C=C(/N=C\C(=C)c1cccc(C2=NCCN2)c1)N/C=C(\C)c1ccccc1OC. The number of allylic oxidation sites excluding steroid dienone is 2. The summed E-state index contributed by atoms with van der Waals surface area (Å²) >= 11 is 0. The predicted molar refractivity (Wildman–Crippen MR) is 122 cm³/mol. The van der Waals surface area contributed by atoms with E-state index in [4.69, 9.17) is 4.74 Å². The number of amidine groups is 1. The summed E-state index contributed by atoms with van der Waals surface area (Å²) < 4.78 is 5.40. The molecule has 3 rings (SSSR count). The topological polar surface area (TPSA) is 58.0 Å². The van der Waals surface area contributed by atoms with Gasteiger partial charge in [-0.3, -0.25) is 4.99 Å². The molecule has 0 saturated carbocycles. The molecule has 2 aromatic carbocycles. The minimum absolute atomic E-state index is 0.526. The average Bonchev–Trinajstić information content (AvgIpc) is 3.31. The van der Waals surface area contributed by atoms with E-state index in [0.717, 1.165) is 52.5 Å². The van der Waals surface area contributed by atoms with Crippen molar-refractivity contribution in [3.8, 4) is 5.75 Å². The number of methoxy groups -OCH3 is 1. The predicted octanol–water partition coefficient (Wildman–Crippen LogP) is 4.25. The Labute approximate surface area is 172 Å². The highest BCUT2D eigenvalue weighted by Crippen LogP contribution is 2.24. The van der Waals surface area contributed by atoms with Crippen molar-refractivity contribution in [2.24, 2.45) is 9.98 Å². The van der Waals surface area contributed by atoms with Gasteiger partial charge in [-0.2, -0.15) is 0 Å². The first-order valence-corrected chi connectivity index (χ1v) is 9.46. The van der Waals surface area contributed by atoms with Gasteiger partial charge in [-0.05, 0) is 35.8 Å². The molecule has 1 aliphatic heterocycles. The van der Waals surface area contributed by atoms with Crippen LogP contribution >= 0.6 is 0 Å². The Kier molecular flexibility index (Phi) is 6.63. The number of para-hydroxylation sites is 1. The normalized spacial score (nSPS) is 13.7. The summed E-state index contributed by atoms with van der Waals surface area (Å²) in [7, 11) is 1.67. The monoisotopic (exact) mass is 386 g/mol. The zero-order valence-corrected chi connectivity index (χ0v) is 16.9. The first kappa shape index (κ1) is 20.1. The van der Waals surface area contributed by atoms with Crippen LogP contribution in [0.1, 0.15) is 23.6 Å². The molecule has 0 amide bonds. The Bertz CT molecular complexity index is 1000. The van der Waals surface area contributed by atoms with Crippen LogP contribution in [0.3, 0.4) is 0 Å². The lowest BCUT2D eigenvalue weighted by Gasteiger charge is -2.09. The minimum Gasteiger partial charge on any atom is -0.496 e. The molecule has 0 aromatic heterocycles. The van der Waals surface area contributed by atoms with E-state index in [2.05, 4.69) is 39.8 Å². The van der Waals surface area contributed by atoms with E-state index < -0.39 is 0 Å². The largest absolute Gasteiger partial charge is 0.496 e. The second kappa shape index (κ2) is 9.55. The van der Waals surface area contributed by atoms with Crippen LogP contribution in [-0.4, -0.2) is 32.2 Å². The summed E-state index contributed by atoms with van der Waals surface area (Å²) in [6.45, 7) is 11.8. The fourth-order valence-corrected chi connectivity index (χ4v) is 2.96. The minimum atomic E-state index is 0.526. The summed E-state index contributed by atoms with van der Waals surface area (Å²) in [5, 5.41) is 6.40. The van der Waals surface area contributed by atoms with Crippen LogP contribution in [0.4, 0.5) is 0 Å². The van der Waals surface area contributed by atoms with Crippen molar-refractivity contribution in [1.29, 1.82) is 0 Å². The average molecular weight is 386 g/mol. The van der Waals surface area contributed by atoms with Crippen LogP contribution < -0.4 is 15.4 Å². The van der Waals surface area contributed by atoms with Crippen molar-refractivity contribution in [2.45, 2.75) is 6.92 Å². The number of benzene rings is 2. The number of hydrogen-bond acceptors (Lipinski definition) is 5. The molecule has 1 heterocycles. The van der Waals surface area contributed by atoms with Gasteiger partial charge in [0.05, 0.1) is 13.7 Å². The van der Waals surface area contributed by atoms with Gasteiger partial charge in [-0.15, -0.1) is 0 Å². The van der Waals surface area contributed by atoms with E-state index in [0.29, 0.717) is 5.82 Å². The van der Waals surface area contributed by atoms with E-state index in [9.17, 15) is 0 Å². The molecule has 148 valence electrons. The van der Waals surface area contributed by atoms with E-state index >= 15 is 0 Å². The second-order valence-corrected chi connectivity index (χ2v) is 6.64. The Morgan fingerprint density at radius 1 is 1.21 bits per heavy atom. The van der Waals surface area contributed by atoms with Gasteiger partial charge in [0.2, 0.25) is 0 Å². The van der Waals surface area contributed by atoms with Crippen LogP contribution in [0.5, 0.6) is 5.75 Å². The summed E-state index contributed by atoms with van der Waals surface area (Å²) in [5.74, 6) is 2.28. The molecule has 0 spiro atoms. The van der Waals surface area contributed by atoms with E-state index in [1.165, 1.54) is 0 Å². The molecular formula is C24H26N4O. The third-order valence-corrected chi connectivity index (χ3v) is 4.54. The van der Waals surface area contributed by atoms with Gasteiger partial charge in [0.15, 0.2) is 0 Å². The molecule has 5 nitrogen and oxygen atoms in total. The zero-order chi connectivity index (χ0) is 20.6. The molecule has 0 bridgehead atoms. The standard InChI is InChI=1S/C24H26N4O/c1-17(20-8-7-9-21(14-20)24-25-12-13-26-24)15-27-19(3)28-16-18(2)22-10-5-6-11-23(22)29-4/h5-11,14-16,28H,1,3,12-13H2,2,4H3,(H,25,26)/b18-16+,27-15-. The number of ether oxygens (including phenoxy) is 1. The highest BCUT2D eigenvalue weighted by molar-refractivity contribution is 6.10. The van der Waals surface area contributed by atoms with E-state index in [-0.39, 0.29) is 0 Å². The number of nitrogens with one attached hydrogen (secondary N) is 2. The summed E-state index contributed by atoms with van der Waals surface area (Å²) in [4.78, 5) is 8.85.